The summed E-state index contributed by atoms with van der Waals surface area (Å²) in [6.07, 6.45) is 4.32. The van der Waals surface area contributed by atoms with E-state index in [-0.39, 0.29) is 18.1 Å². The maximum atomic E-state index is 12.6. The average Bonchev–Trinajstić information content (AvgIpc) is 2.74. The molecule has 0 aromatic heterocycles. The van der Waals surface area contributed by atoms with E-state index in [1.54, 1.807) is 6.07 Å². The van der Waals surface area contributed by atoms with Crippen LogP contribution >= 0.6 is 15.9 Å². The largest absolute Gasteiger partial charge is 0.490 e. The molecule has 5 heteroatoms. The molecule has 0 saturated heterocycles. The van der Waals surface area contributed by atoms with Gasteiger partial charge in [0.2, 0.25) is 0 Å². The zero-order valence-electron chi connectivity index (χ0n) is 16.4. The van der Waals surface area contributed by atoms with Gasteiger partial charge >= 0.3 is 0 Å². The van der Waals surface area contributed by atoms with Crippen LogP contribution < -0.4 is 10.1 Å². The fraction of sp³-hybridized carbons (Fsp3) is 0.333. The van der Waals surface area contributed by atoms with Gasteiger partial charge in [-0.1, -0.05) is 18.1 Å². The van der Waals surface area contributed by atoms with Gasteiger partial charge in [-0.2, -0.15) is 5.26 Å². The Balaban J connectivity index is 1.50. The van der Waals surface area contributed by atoms with Crippen molar-refractivity contribution in [1.29, 1.82) is 5.26 Å². The van der Waals surface area contributed by atoms with Crippen LogP contribution in [0.4, 0.5) is 0 Å². The Morgan fingerprint density at radius 3 is 2.69 bits per heavy atom. The molecule has 2 aromatic carbocycles. The third-order valence-electron chi connectivity index (χ3n) is 5.03. The molecule has 0 spiro atoms. The zero-order chi connectivity index (χ0) is 20.6. The van der Waals surface area contributed by atoms with Crippen LogP contribution in [0.1, 0.15) is 54.1 Å². The third kappa shape index (κ3) is 5.86. The smallest absolute Gasteiger partial charge is 0.251 e. The van der Waals surface area contributed by atoms with E-state index in [0.29, 0.717) is 17.5 Å². The van der Waals surface area contributed by atoms with E-state index in [2.05, 4.69) is 39.2 Å². The van der Waals surface area contributed by atoms with Crippen molar-refractivity contribution in [1.82, 2.24) is 5.32 Å². The number of carbonyl (C=O) groups is 1. The lowest BCUT2D eigenvalue weighted by atomic mass is 9.92. The second-order valence-corrected chi connectivity index (χ2v) is 7.98. The SMILES string of the molecule is CC#CCc1cccc(C(=O)NC2CCC(Oc3ccc(C#N)c(Br)c3)CC2)c1. The van der Waals surface area contributed by atoms with Crippen molar-refractivity contribution in [3.63, 3.8) is 0 Å². The van der Waals surface area contributed by atoms with Crippen LogP contribution in [-0.2, 0) is 6.42 Å². The molecule has 2 aromatic rings. The predicted molar refractivity (Wildman–Crippen MR) is 117 cm³/mol. The average molecular weight is 451 g/mol. The number of amides is 1. The molecule has 1 amide bonds. The highest BCUT2D eigenvalue weighted by molar-refractivity contribution is 9.10. The summed E-state index contributed by atoms with van der Waals surface area (Å²) in [7, 11) is 0. The second kappa shape index (κ2) is 10.1. The van der Waals surface area contributed by atoms with E-state index in [4.69, 9.17) is 10.00 Å². The van der Waals surface area contributed by atoms with Gasteiger partial charge in [0.25, 0.3) is 5.91 Å². The standard InChI is InChI=1S/C24H23BrN2O2/c1-2-3-5-17-6-4-7-18(14-17)24(28)27-20-9-12-21(13-10-20)29-22-11-8-19(16-26)23(25)15-22/h4,6-8,11,14-15,20-21H,5,9-10,12-13H2,1H3,(H,27,28). The molecule has 0 heterocycles. The Hall–Kier alpha value is -2.76. The summed E-state index contributed by atoms with van der Waals surface area (Å²) in [6.45, 7) is 1.82. The van der Waals surface area contributed by atoms with Crippen LogP contribution in [0.2, 0.25) is 0 Å². The molecule has 148 valence electrons. The van der Waals surface area contributed by atoms with Crippen molar-refractivity contribution in [2.45, 2.75) is 51.2 Å². The molecule has 0 bridgehead atoms. The number of halogens is 1. The molecule has 0 radical (unpaired) electrons. The van der Waals surface area contributed by atoms with Gasteiger partial charge in [-0.05, 0) is 84.4 Å². The van der Waals surface area contributed by atoms with Gasteiger partial charge in [0, 0.05) is 22.5 Å². The molecule has 3 rings (SSSR count). The molecule has 1 fully saturated rings. The Labute approximate surface area is 180 Å². The van der Waals surface area contributed by atoms with Crippen molar-refractivity contribution in [3.05, 3.63) is 63.6 Å². The summed E-state index contributed by atoms with van der Waals surface area (Å²) in [6, 6.07) is 15.4. The number of hydrogen-bond donors (Lipinski definition) is 1. The molecule has 0 unspecified atom stereocenters. The molecule has 4 nitrogen and oxygen atoms in total. The summed E-state index contributed by atoms with van der Waals surface area (Å²) in [5.74, 6) is 6.64. The van der Waals surface area contributed by atoms with Crippen LogP contribution in [0.25, 0.3) is 0 Å². The first-order chi connectivity index (χ1) is 14.1. The number of nitriles is 1. The number of carbonyl (C=O) groups excluding carboxylic acids is 1. The third-order valence-corrected chi connectivity index (χ3v) is 5.69. The lowest BCUT2D eigenvalue weighted by Gasteiger charge is -2.29. The zero-order valence-corrected chi connectivity index (χ0v) is 18.0. The van der Waals surface area contributed by atoms with Gasteiger partial charge < -0.3 is 10.1 Å². The fourth-order valence-corrected chi connectivity index (χ4v) is 3.91. The van der Waals surface area contributed by atoms with Gasteiger partial charge in [-0.3, -0.25) is 4.79 Å². The molecular formula is C24H23BrN2O2. The van der Waals surface area contributed by atoms with Crippen molar-refractivity contribution < 1.29 is 9.53 Å². The molecule has 1 N–H and O–H groups in total. The van der Waals surface area contributed by atoms with E-state index in [1.807, 2.05) is 43.3 Å². The van der Waals surface area contributed by atoms with Crippen molar-refractivity contribution in [2.75, 3.05) is 0 Å². The second-order valence-electron chi connectivity index (χ2n) is 7.12. The molecule has 0 aliphatic heterocycles. The summed E-state index contributed by atoms with van der Waals surface area (Å²) in [5, 5.41) is 12.2. The lowest BCUT2D eigenvalue weighted by molar-refractivity contribution is 0.0894. The Morgan fingerprint density at radius 2 is 2.00 bits per heavy atom. The molecule has 29 heavy (non-hydrogen) atoms. The lowest BCUT2D eigenvalue weighted by Crippen LogP contribution is -2.39. The van der Waals surface area contributed by atoms with E-state index in [0.717, 1.165) is 41.5 Å². The first kappa shape index (κ1) is 21.0. The van der Waals surface area contributed by atoms with Gasteiger partial charge in [0.1, 0.15) is 11.8 Å². The van der Waals surface area contributed by atoms with Crippen LogP contribution in [0, 0.1) is 23.2 Å². The number of hydrogen-bond acceptors (Lipinski definition) is 3. The van der Waals surface area contributed by atoms with Gasteiger partial charge in [0.05, 0.1) is 11.7 Å². The minimum absolute atomic E-state index is 0.0308. The Bertz CT molecular complexity index is 976. The van der Waals surface area contributed by atoms with Crippen LogP contribution in [0.3, 0.4) is 0 Å². The van der Waals surface area contributed by atoms with Crippen LogP contribution in [0.5, 0.6) is 5.75 Å². The van der Waals surface area contributed by atoms with Crippen molar-refractivity contribution in [2.24, 2.45) is 0 Å². The summed E-state index contributed by atoms with van der Waals surface area (Å²) < 4.78 is 6.80. The first-order valence-corrected chi connectivity index (χ1v) is 10.5. The molecular weight excluding hydrogens is 428 g/mol. The maximum Gasteiger partial charge on any atom is 0.251 e. The maximum absolute atomic E-state index is 12.6. The van der Waals surface area contributed by atoms with E-state index >= 15 is 0 Å². The van der Waals surface area contributed by atoms with Crippen molar-refractivity contribution >= 4 is 21.8 Å². The van der Waals surface area contributed by atoms with Gasteiger partial charge in [0.15, 0.2) is 0 Å². The highest BCUT2D eigenvalue weighted by atomic mass is 79.9. The Morgan fingerprint density at radius 1 is 1.21 bits per heavy atom. The highest BCUT2D eigenvalue weighted by Crippen LogP contribution is 2.27. The highest BCUT2D eigenvalue weighted by Gasteiger charge is 2.24. The van der Waals surface area contributed by atoms with E-state index in [1.165, 1.54) is 0 Å². The van der Waals surface area contributed by atoms with E-state index < -0.39 is 0 Å². The first-order valence-electron chi connectivity index (χ1n) is 9.74. The minimum Gasteiger partial charge on any atom is -0.490 e. The summed E-state index contributed by atoms with van der Waals surface area (Å²) in [4.78, 5) is 12.6. The van der Waals surface area contributed by atoms with Gasteiger partial charge in [-0.25, -0.2) is 0 Å². The molecule has 1 aliphatic carbocycles. The quantitative estimate of drug-likeness (QED) is 0.651. The van der Waals surface area contributed by atoms with E-state index in [9.17, 15) is 4.79 Å². The summed E-state index contributed by atoms with van der Waals surface area (Å²) in [5.41, 5.74) is 2.33. The van der Waals surface area contributed by atoms with Crippen LogP contribution in [0.15, 0.2) is 46.9 Å². The topological polar surface area (TPSA) is 62.1 Å². The Kier molecular flexibility index (Phi) is 7.33. The molecule has 0 atom stereocenters. The fourth-order valence-electron chi connectivity index (χ4n) is 3.46. The van der Waals surface area contributed by atoms with Crippen LogP contribution in [-0.4, -0.2) is 18.1 Å². The minimum atomic E-state index is -0.0308. The van der Waals surface area contributed by atoms with Gasteiger partial charge in [-0.15, -0.1) is 5.92 Å². The summed E-state index contributed by atoms with van der Waals surface area (Å²) >= 11 is 3.39. The molecule has 1 aliphatic rings. The van der Waals surface area contributed by atoms with Crippen molar-refractivity contribution in [3.8, 4) is 23.7 Å². The number of benzene rings is 2. The number of rotatable bonds is 5. The number of ether oxygens (including phenoxy) is 1. The number of nitrogens with zero attached hydrogens (tertiary/aromatic N) is 1. The predicted octanol–water partition coefficient (Wildman–Crippen LogP) is 5.01. The monoisotopic (exact) mass is 450 g/mol. The normalized spacial score (nSPS) is 18.1. The number of nitrogens with one attached hydrogen (secondary N) is 1. The molecule has 1 saturated carbocycles.